The number of hydrogen-bond donors (Lipinski definition) is 0. The van der Waals surface area contributed by atoms with Gasteiger partial charge in [-0.15, -0.1) is 22.7 Å². The molecule has 0 radical (unpaired) electrons. The number of carbonyl (C=O) groups excluding carboxylic acids is 1. The molecule has 3 aromatic rings. The summed E-state index contributed by atoms with van der Waals surface area (Å²) in [6, 6.07) is 12.3. The molecule has 6 heteroatoms. The van der Waals surface area contributed by atoms with Gasteiger partial charge in [0, 0.05) is 53.4 Å². The Morgan fingerprint density at radius 2 is 1.85 bits per heavy atom. The van der Waals surface area contributed by atoms with Crippen molar-refractivity contribution in [2.45, 2.75) is 20.4 Å². The molecular weight excluding hydrogens is 374 g/mol. The van der Waals surface area contributed by atoms with E-state index in [4.69, 9.17) is 4.98 Å². The van der Waals surface area contributed by atoms with Crippen LogP contribution in [0.25, 0.3) is 10.6 Å². The number of benzene rings is 1. The molecule has 3 heterocycles. The molecule has 1 aromatic carbocycles. The normalized spacial score (nSPS) is 15.3. The topological polar surface area (TPSA) is 36.4 Å². The van der Waals surface area contributed by atoms with Gasteiger partial charge in [-0.1, -0.05) is 30.3 Å². The monoisotopic (exact) mass is 397 g/mol. The Hall–Kier alpha value is -2.02. The molecule has 1 amide bonds. The van der Waals surface area contributed by atoms with E-state index in [2.05, 4.69) is 29.3 Å². The highest BCUT2D eigenvalue weighted by Crippen LogP contribution is 2.25. The Labute approximate surface area is 168 Å². The number of nitrogens with zero attached hydrogens (tertiary/aromatic N) is 3. The first-order chi connectivity index (χ1) is 13.1. The lowest BCUT2D eigenvalue weighted by Crippen LogP contribution is -2.48. The summed E-state index contributed by atoms with van der Waals surface area (Å²) in [7, 11) is 0. The van der Waals surface area contributed by atoms with Crippen LogP contribution in [0.3, 0.4) is 0 Å². The molecule has 0 atom stereocenters. The Morgan fingerprint density at radius 3 is 2.52 bits per heavy atom. The van der Waals surface area contributed by atoms with E-state index in [9.17, 15) is 4.79 Å². The van der Waals surface area contributed by atoms with Gasteiger partial charge in [-0.3, -0.25) is 9.69 Å². The average Bonchev–Trinajstić information content (AvgIpc) is 3.28. The highest BCUT2D eigenvalue weighted by Gasteiger charge is 2.24. The largest absolute Gasteiger partial charge is 0.336 e. The summed E-state index contributed by atoms with van der Waals surface area (Å²) in [5.41, 5.74) is 3.16. The van der Waals surface area contributed by atoms with Crippen LogP contribution in [0.15, 0.2) is 41.8 Å². The summed E-state index contributed by atoms with van der Waals surface area (Å²) in [6.07, 6.45) is 0. The van der Waals surface area contributed by atoms with Crippen LogP contribution in [-0.2, 0) is 6.54 Å². The SMILES string of the molecule is Cc1cc(C(=O)N2CCN(Cc3csc(-c4ccccc4)n3)CC2)c(C)s1. The van der Waals surface area contributed by atoms with Gasteiger partial charge in [-0.05, 0) is 19.9 Å². The van der Waals surface area contributed by atoms with Crippen LogP contribution in [-0.4, -0.2) is 46.9 Å². The molecule has 0 aliphatic carbocycles. The maximum absolute atomic E-state index is 12.8. The van der Waals surface area contributed by atoms with Gasteiger partial charge in [0.25, 0.3) is 5.91 Å². The third kappa shape index (κ3) is 4.13. The highest BCUT2D eigenvalue weighted by molar-refractivity contribution is 7.13. The van der Waals surface area contributed by atoms with Gasteiger partial charge in [-0.2, -0.15) is 0 Å². The lowest BCUT2D eigenvalue weighted by atomic mass is 10.2. The molecule has 1 aliphatic heterocycles. The van der Waals surface area contributed by atoms with E-state index >= 15 is 0 Å². The van der Waals surface area contributed by atoms with E-state index in [0.29, 0.717) is 0 Å². The zero-order valence-corrected chi connectivity index (χ0v) is 17.3. The van der Waals surface area contributed by atoms with E-state index in [1.54, 1.807) is 22.7 Å². The highest BCUT2D eigenvalue weighted by atomic mass is 32.1. The van der Waals surface area contributed by atoms with Crippen molar-refractivity contribution in [3.63, 3.8) is 0 Å². The summed E-state index contributed by atoms with van der Waals surface area (Å²) in [5.74, 6) is 0.177. The standard InChI is InChI=1S/C21H23N3OS2/c1-15-12-19(16(2)27-15)21(25)24-10-8-23(9-11-24)13-18-14-26-20(22-18)17-6-4-3-5-7-17/h3-7,12,14H,8-11,13H2,1-2H3. The molecule has 140 valence electrons. The van der Waals surface area contributed by atoms with Gasteiger partial charge < -0.3 is 4.90 Å². The molecule has 4 nitrogen and oxygen atoms in total. The molecule has 27 heavy (non-hydrogen) atoms. The fourth-order valence-corrected chi connectivity index (χ4v) is 5.18. The van der Waals surface area contributed by atoms with E-state index in [-0.39, 0.29) is 5.91 Å². The quantitative estimate of drug-likeness (QED) is 0.653. The molecule has 0 unspecified atom stereocenters. The zero-order chi connectivity index (χ0) is 18.8. The van der Waals surface area contributed by atoms with Crippen LogP contribution in [0.5, 0.6) is 0 Å². The first-order valence-electron chi connectivity index (χ1n) is 9.18. The maximum atomic E-state index is 12.8. The first kappa shape index (κ1) is 18.3. The number of thiophene rings is 1. The van der Waals surface area contributed by atoms with Crippen molar-refractivity contribution in [1.82, 2.24) is 14.8 Å². The Balaban J connectivity index is 1.34. The van der Waals surface area contributed by atoms with E-state index in [1.165, 1.54) is 10.4 Å². The summed E-state index contributed by atoms with van der Waals surface area (Å²) in [5, 5.41) is 3.22. The van der Waals surface area contributed by atoms with E-state index in [1.807, 2.05) is 36.1 Å². The van der Waals surface area contributed by atoms with Crippen molar-refractivity contribution in [3.8, 4) is 10.6 Å². The second-order valence-corrected chi connectivity index (χ2v) is 9.22. The van der Waals surface area contributed by atoms with Crippen molar-refractivity contribution in [2.75, 3.05) is 26.2 Å². The van der Waals surface area contributed by atoms with Crippen molar-refractivity contribution < 1.29 is 4.79 Å². The smallest absolute Gasteiger partial charge is 0.255 e. The number of carbonyl (C=O) groups is 1. The number of hydrogen-bond acceptors (Lipinski definition) is 5. The summed E-state index contributed by atoms with van der Waals surface area (Å²) < 4.78 is 0. The number of aromatic nitrogens is 1. The minimum atomic E-state index is 0.177. The molecule has 0 N–H and O–H groups in total. The lowest BCUT2D eigenvalue weighted by Gasteiger charge is -2.34. The number of thiazole rings is 1. The van der Waals surface area contributed by atoms with Gasteiger partial charge in [0.2, 0.25) is 0 Å². The van der Waals surface area contributed by atoms with Crippen LogP contribution in [0.4, 0.5) is 0 Å². The molecule has 0 saturated carbocycles. The molecule has 0 spiro atoms. The average molecular weight is 398 g/mol. The van der Waals surface area contributed by atoms with Crippen molar-refractivity contribution in [3.05, 3.63) is 62.8 Å². The maximum Gasteiger partial charge on any atom is 0.255 e. The summed E-state index contributed by atoms with van der Waals surface area (Å²) >= 11 is 3.40. The Bertz CT molecular complexity index is 924. The van der Waals surface area contributed by atoms with Gasteiger partial charge in [0.15, 0.2) is 0 Å². The van der Waals surface area contributed by atoms with Crippen LogP contribution in [0.2, 0.25) is 0 Å². The molecule has 4 rings (SSSR count). The molecule has 0 bridgehead atoms. The minimum absolute atomic E-state index is 0.177. The second kappa shape index (κ2) is 7.92. The molecule has 2 aromatic heterocycles. The molecular formula is C21H23N3OS2. The third-order valence-corrected chi connectivity index (χ3v) is 6.80. The Kier molecular flexibility index (Phi) is 5.38. The van der Waals surface area contributed by atoms with Gasteiger partial charge in [-0.25, -0.2) is 4.98 Å². The first-order valence-corrected chi connectivity index (χ1v) is 10.9. The van der Waals surface area contributed by atoms with Gasteiger partial charge in [0.05, 0.1) is 11.3 Å². The Morgan fingerprint density at radius 1 is 1.11 bits per heavy atom. The predicted molar refractivity (Wildman–Crippen MR) is 113 cm³/mol. The van der Waals surface area contributed by atoms with Crippen molar-refractivity contribution >= 4 is 28.6 Å². The zero-order valence-electron chi connectivity index (χ0n) is 15.6. The number of rotatable bonds is 4. The van der Waals surface area contributed by atoms with E-state index < -0.39 is 0 Å². The summed E-state index contributed by atoms with van der Waals surface area (Å²) in [4.78, 5) is 24.2. The summed E-state index contributed by atoms with van der Waals surface area (Å²) in [6.45, 7) is 8.30. The molecule has 1 fully saturated rings. The van der Waals surface area contributed by atoms with Crippen molar-refractivity contribution in [1.29, 1.82) is 0 Å². The minimum Gasteiger partial charge on any atom is -0.336 e. The van der Waals surface area contributed by atoms with Crippen LogP contribution in [0.1, 0.15) is 25.8 Å². The van der Waals surface area contributed by atoms with E-state index in [0.717, 1.165) is 53.9 Å². The predicted octanol–water partition coefficient (Wildman–Crippen LogP) is 4.45. The number of piperazine rings is 1. The number of aryl methyl sites for hydroxylation is 2. The lowest BCUT2D eigenvalue weighted by molar-refractivity contribution is 0.0627. The van der Waals surface area contributed by atoms with Gasteiger partial charge in [0.1, 0.15) is 5.01 Å². The van der Waals surface area contributed by atoms with Crippen LogP contribution < -0.4 is 0 Å². The molecule has 1 aliphatic rings. The third-order valence-electron chi connectivity index (χ3n) is 4.89. The second-order valence-electron chi connectivity index (χ2n) is 6.91. The van der Waals surface area contributed by atoms with Crippen LogP contribution in [0, 0.1) is 13.8 Å². The van der Waals surface area contributed by atoms with Gasteiger partial charge >= 0.3 is 0 Å². The van der Waals surface area contributed by atoms with Crippen LogP contribution >= 0.6 is 22.7 Å². The fraction of sp³-hybridized carbons (Fsp3) is 0.333. The van der Waals surface area contributed by atoms with Crippen molar-refractivity contribution in [2.24, 2.45) is 0 Å². The fourth-order valence-electron chi connectivity index (χ4n) is 3.44. The molecule has 1 saturated heterocycles. The number of amides is 1.